The number of amides is 8. The molecule has 2 fully saturated rings. The molecule has 20 atom stereocenters. The van der Waals surface area contributed by atoms with Crippen molar-refractivity contribution in [3.8, 4) is 0 Å². The monoisotopic (exact) mass is 1310 g/mol. The summed E-state index contributed by atoms with van der Waals surface area (Å²) < 4.78 is 28.7. The van der Waals surface area contributed by atoms with E-state index < -0.39 is 189 Å². The third kappa shape index (κ3) is 18.0. The van der Waals surface area contributed by atoms with Gasteiger partial charge in [-0.2, -0.15) is 0 Å². The van der Waals surface area contributed by atoms with Gasteiger partial charge in [-0.15, -0.1) is 23.1 Å². The van der Waals surface area contributed by atoms with Crippen LogP contribution in [0.2, 0.25) is 0 Å². The summed E-state index contributed by atoms with van der Waals surface area (Å²) in [4.78, 5) is 129. The van der Waals surface area contributed by atoms with Gasteiger partial charge in [0.25, 0.3) is 11.8 Å². The lowest BCUT2D eigenvalue weighted by Gasteiger charge is -2.47. The highest BCUT2D eigenvalue weighted by molar-refractivity contribution is 8.14. The minimum absolute atomic E-state index is 0.0164. The average Bonchev–Trinajstić information content (AvgIpc) is 0.905. The molecule has 6 rings (SSSR count). The van der Waals surface area contributed by atoms with Gasteiger partial charge in [-0.05, 0) is 20.8 Å². The lowest BCUT2D eigenvalue weighted by molar-refractivity contribution is -0.372. The summed E-state index contributed by atoms with van der Waals surface area (Å²) in [5, 5.41) is 103. The fourth-order valence-corrected chi connectivity index (χ4v) is 11.3. The van der Waals surface area contributed by atoms with Gasteiger partial charge in [0.05, 0.1) is 72.7 Å². The van der Waals surface area contributed by atoms with E-state index in [0.717, 1.165) is 12.5 Å². The number of H-pyrrole nitrogens is 1. The van der Waals surface area contributed by atoms with Crippen molar-refractivity contribution in [2.45, 2.75) is 157 Å². The smallest absolute Gasteiger partial charge is 0.404 e. The number of nitrogens with zero attached hydrogens (tertiary/aromatic N) is 5. The summed E-state index contributed by atoms with van der Waals surface area (Å²) in [5.74, 6) is -8.54. The molecular weight excluding hydrogens is 1240 g/mol. The Hall–Kier alpha value is -7.26. The van der Waals surface area contributed by atoms with Crippen LogP contribution < -0.4 is 61.0 Å². The predicted octanol–water partition coefficient (Wildman–Crippen LogP) is -8.69. The van der Waals surface area contributed by atoms with Gasteiger partial charge < -0.3 is 131 Å². The topological polar surface area (TPSA) is 641 Å². The van der Waals surface area contributed by atoms with Gasteiger partial charge in [-0.25, -0.2) is 24.7 Å². The van der Waals surface area contributed by atoms with E-state index in [9.17, 15) is 74.4 Å². The van der Waals surface area contributed by atoms with E-state index >= 15 is 4.79 Å². The molecule has 38 nitrogen and oxygen atoms in total. The minimum Gasteiger partial charge on any atom is -0.441 e. The number of hydrogen-bond donors (Lipinski definition) is 20. The van der Waals surface area contributed by atoms with Crippen molar-refractivity contribution in [3.05, 3.63) is 51.4 Å². The van der Waals surface area contributed by atoms with Gasteiger partial charge in [-0.3, -0.25) is 38.6 Å². The number of aromatic nitrogens is 5. The number of primary amides is 4. The molecule has 26 N–H and O–H groups in total. The predicted molar refractivity (Wildman–Crippen MR) is 309 cm³/mol. The maximum Gasteiger partial charge on any atom is 0.404 e. The number of carbonyl (C=O) groups is 8. The molecule has 40 heteroatoms. The fraction of sp³-hybridized carbons (Fsp3) is 0.620. The number of aliphatic hydroxyl groups excluding tert-OH is 8. The van der Waals surface area contributed by atoms with Crippen molar-refractivity contribution < 1.29 is 103 Å². The van der Waals surface area contributed by atoms with E-state index in [1.165, 1.54) is 56.2 Å². The van der Waals surface area contributed by atoms with Crippen LogP contribution in [0.15, 0.2) is 22.9 Å². The first-order chi connectivity index (χ1) is 42.5. The number of aliphatic imine (C=N–C) groups is 1. The van der Waals surface area contributed by atoms with Crippen LogP contribution in [0.1, 0.15) is 94.9 Å². The molecule has 498 valence electrons. The van der Waals surface area contributed by atoms with Crippen molar-refractivity contribution in [1.82, 2.24) is 51.5 Å². The van der Waals surface area contributed by atoms with Gasteiger partial charge in [0.15, 0.2) is 18.7 Å². The maximum absolute atomic E-state index is 15.1. The number of rotatable bonds is 31. The van der Waals surface area contributed by atoms with Crippen molar-refractivity contribution in [1.29, 1.82) is 0 Å². The number of thiazole rings is 1. The van der Waals surface area contributed by atoms with Crippen LogP contribution >= 0.6 is 23.1 Å². The Morgan fingerprint density at radius 1 is 0.833 bits per heavy atom. The van der Waals surface area contributed by atoms with Crippen LogP contribution in [0.5, 0.6) is 0 Å². The summed E-state index contributed by atoms with van der Waals surface area (Å²) >= 11 is 2.63. The zero-order valence-corrected chi connectivity index (χ0v) is 50.3. The molecule has 20 unspecified atom stereocenters. The van der Waals surface area contributed by atoms with E-state index in [2.05, 4.69) is 56.5 Å². The zero-order chi connectivity index (χ0) is 66.6. The summed E-state index contributed by atoms with van der Waals surface area (Å²) in [7, 11) is 0. The molecule has 3 aromatic rings. The number of ether oxygens (including phenoxy) is 5. The van der Waals surface area contributed by atoms with Crippen molar-refractivity contribution in [2.75, 3.05) is 37.8 Å². The Bertz CT molecular complexity index is 3040. The second-order valence-electron chi connectivity index (χ2n) is 21.1. The summed E-state index contributed by atoms with van der Waals surface area (Å²) in [5.41, 5.74) is 32.7. The van der Waals surface area contributed by atoms with Gasteiger partial charge in [0.2, 0.25) is 29.5 Å². The van der Waals surface area contributed by atoms with E-state index in [0.29, 0.717) is 15.8 Å². The molecule has 2 saturated heterocycles. The van der Waals surface area contributed by atoms with E-state index in [1.807, 2.05) is 0 Å². The van der Waals surface area contributed by atoms with Crippen LogP contribution in [-0.4, -0.2) is 248 Å². The Balaban J connectivity index is 1.30. The van der Waals surface area contributed by atoms with Crippen LogP contribution in [-0.2, 0) is 47.7 Å². The standard InChI is InChI=1S/C50H75N17O21S2/c1-15-28(64-42(67-39(15)53)20(7-26(52)71)59-8-19(51)40(54)77)45(81)66-30(36(21-9-57-14-60-21)86-49-38(34(75)32(73)24(10-68)85-49)87-48-35(76)37(88-50(56)83)33(74)25(11-69)84-48)46(82)61-17(3)31(72)16(2)43(79)65-29(18(4)70)44(80)58-6-5-27-62-23(13-89-27)47-63-22(12-90-47)41(55)78/h9,12,14,16-20,23-25,29-38,48-49,59,68-70,72-76H,5-8,10-11,13,51H2,1-4H3,(H2,52,71)(H2,54,77)(H2,55,78)(H2,56,83)(H,57,60)(H,58,80)(H,61,82)(H,65,79)(H,66,81)(H2,53,64,67). The normalized spacial score (nSPS) is 26.4. The molecule has 3 aliphatic heterocycles. The second kappa shape index (κ2) is 32.2. The number of anilines is 1. The van der Waals surface area contributed by atoms with Crippen molar-refractivity contribution >= 4 is 81.4 Å². The highest BCUT2D eigenvalue weighted by Gasteiger charge is 2.54. The average molecular weight is 1310 g/mol. The van der Waals surface area contributed by atoms with Crippen molar-refractivity contribution in [3.63, 3.8) is 0 Å². The summed E-state index contributed by atoms with van der Waals surface area (Å²) in [6.07, 6.45) is -25.0. The molecule has 90 heavy (non-hydrogen) atoms. The van der Waals surface area contributed by atoms with Gasteiger partial charge in [-0.1, -0.05) is 6.92 Å². The third-order valence-corrected chi connectivity index (χ3v) is 16.6. The molecule has 0 spiro atoms. The highest BCUT2D eigenvalue weighted by Crippen LogP contribution is 2.36. The maximum atomic E-state index is 15.1. The molecule has 3 aliphatic rings. The van der Waals surface area contributed by atoms with E-state index in [-0.39, 0.29) is 54.1 Å². The Kier molecular flexibility index (Phi) is 25.7. The van der Waals surface area contributed by atoms with Gasteiger partial charge in [0.1, 0.15) is 95.0 Å². The molecule has 0 radical (unpaired) electrons. The molecule has 0 aliphatic carbocycles. The lowest BCUT2D eigenvalue weighted by atomic mass is 9.96. The molecular formula is C50H75N17O21S2. The Morgan fingerprint density at radius 2 is 1.51 bits per heavy atom. The Labute approximate surface area is 519 Å². The molecule has 6 heterocycles. The van der Waals surface area contributed by atoms with Gasteiger partial charge in [0, 0.05) is 42.6 Å². The minimum atomic E-state index is -2.20. The van der Waals surface area contributed by atoms with Gasteiger partial charge >= 0.3 is 6.09 Å². The highest BCUT2D eigenvalue weighted by atomic mass is 32.2. The number of nitrogens with one attached hydrogen (secondary N) is 6. The number of thioether (sulfide) groups is 1. The summed E-state index contributed by atoms with van der Waals surface area (Å²) in [6, 6.07) is -8.17. The number of aliphatic hydroxyl groups is 8. The largest absolute Gasteiger partial charge is 0.441 e. The Morgan fingerprint density at radius 3 is 2.11 bits per heavy atom. The molecule has 3 aromatic heterocycles. The van der Waals surface area contributed by atoms with Crippen LogP contribution in [0.25, 0.3) is 0 Å². The number of imidazole rings is 1. The first kappa shape index (κ1) is 71.8. The molecule has 8 amide bonds. The number of carbonyl (C=O) groups excluding carboxylic acids is 8. The van der Waals surface area contributed by atoms with Crippen LogP contribution in [0.3, 0.4) is 0 Å². The zero-order valence-electron chi connectivity index (χ0n) is 48.6. The molecule has 0 bridgehead atoms. The van der Waals surface area contributed by atoms with E-state index in [1.54, 1.807) is 0 Å². The third-order valence-electron chi connectivity index (χ3n) is 14.5. The van der Waals surface area contributed by atoms with E-state index in [4.69, 9.17) is 58.1 Å². The van der Waals surface area contributed by atoms with Crippen molar-refractivity contribution in [2.24, 2.45) is 39.6 Å². The number of aromatic amines is 1. The second-order valence-corrected chi connectivity index (χ2v) is 23.1. The SMILES string of the molecule is Cc1c(N)nc(C(CC(N)=O)NCC(N)C(N)=O)nc1C(=O)NC(C(=O)NC(C)C(O)C(C)C(=O)NC(C(=O)NCCC1=NC(c2nc(C(N)=O)cs2)CS1)C(C)O)C(OC1OC(CO)C(O)C(O)C1OC1OC(CO)C(O)C(OC(N)=O)C1O)c1cnc[nH]1. The number of nitrogen functional groups attached to an aromatic ring is 1. The van der Waals surface area contributed by atoms with Crippen LogP contribution in [0.4, 0.5) is 10.6 Å². The number of nitrogens with two attached hydrogens (primary N) is 6. The first-order valence-corrected chi connectivity index (χ1v) is 29.5. The first-order valence-electron chi connectivity index (χ1n) is 27.7. The quantitative estimate of drug-likeness (QED) is 0.0284. The molecule has 0 saturated carbocycles. The molecule has 0 aromatic carbocycles. The number of hydrogen-bond acceptors (Lipinski definition) is 31. The lowest BCUT2D eigenvalue weighted by Crippen LogP contribution is -2.65. The summed E-state index contributed by atoms with van der Waals surface area (Å²) in [6.45, 7) is 2.66. The fourth-order valence-electron chi connectivity index (χ4n) is 9.37. The van der Waals surface area contributed by atoms with Crippen LogP contribution in [0, 0.1) is 12.8 Å².